The number of rotatable bonds is 2. The van der Waals surface area contributed by atoms with Crippen molar-refractivity contribution in [3.8, 4) is 0 Å². The number of hydrogen-bond acceptors (Lipinski definition) is 1. The van der Waals surface area contributed by atoms with Crippen LogP contribution < -0.4 is 0 Å². The Labute approximate surface area is 141 Å². The number of carbonyl (C=O) groups is 1. The van der Waals surface area contributed by atoms with Gasteiger partial charge in [-0.1, -0.05) is 12.8 Å². The molecule has 2 rings (SSSR count). The Morgan fingerprint density at radius 2 is 2.11 bits per heavy atom. The van der Waals surface area contributed by atoms with Gasteiger partial charge >= 0.3 is 0 Å². The molecule has 2 nitrogen and oxygen atoms in total. The fourth-order valence-corrected chi connectivity index (χ4v) is 3.86. The SMILES string of the molecule is CN(C(=O)c1cc(I)ccc1Br)C1CCCCC1Cl. The zero-order chi connectivity index (χ0) is 14.0. The quantitative estimate of drug-likeness (QED) is 0.468. The van der Waals surface area contributed by atoms with Gasteiger partial charge in [0.25, 0.3) is 5.91 Å². The average molecular weight is 457 g/mol. The highest BCUT2D eigenvalue weighted by Gasteiger charge is 2.30. The lowest BCUT2D eigenvalue weighted by Crippen LogP contribution is -2.44. The van der Waals surface area contributed by atoms with E-state index in [0.29, 0.717) is 5.56 Å². The van der Waals surface area contributed by atoms with Gasteiger partial charge in [0.05, 0.1) is 10.9 Å². The van der Waals surface area contributed by atoms with Crippen LogP contribution in [0.25, 0.3) is 0 Å². The zero-order valence-electron chi connectivity index (χ0n) is 10.7. The molecule has 1 aromatic carbocycles. The third-order valence-corrected chi connectivity index (χ3v) is 5.50. The van der Waals surface area contributed by atoms with E-state index < -0.39 is 0 Å². The van der Waals surface area contributed by atoms with Gasteiger partial charge in [-0.2, -0.15) is 0 Å². The van der Waals surface area contributed by atoms with Crippen LogP contribution in [-0.4, -0.2) is 29.3 Å². The molecule has 0 heterocycles. The highest BCUT2D eigenvalue weighted by Crippen LogP contribution is 2.29. The predicted octanol–water partition coefficient (Wildman–Crippen LogP) is 4.68. The van der Waals surface area contributed by atoms with Crippen molar-refractivity contribution in [2.45, 2.75) is 37.1 Å². The summed E-state index contributed by atoms with van der Waals surface area (Å²) in [5, 5.41) is 0.0734. The van der Waals surface area contributed by atoms with E-state index in [1.165, 1.54) is 6.42 Å². The summed E-state index contributed by atoms with van der Waals surface area (Å²) < 4.78 is 1.90. The maximum atomic E-state index is 12.6. The van der Waals surface area contributed by atoms with Crippen molar-refractivity contribution >= 4 is 56.0 Å². The molecule has 2 unspecified atom stereocenters. The van der Waals surface area contributed by atoms with E-state index >= 15 is 0 Å². The van der Waals surface area contributed by atoms with Crippen molar-refractivity contribution in [3.63, 3.8) is 0 Å². The molecule has 1 aliphatic carbocycles. The maximum Gasteiger partial charge on any atom is 0.255 e. The number of nitrogens with zero attached hydrogens (tertiary/aromatic N) is 1. The predicted molar refractivity (Wildman–Crippen MR) is 90.8 cm³/mol. The molecule has 1 aliphatic rings. The van der Waals surface area contributed by atoms with Crippen LogP contribution in [-0.2, 0) is 0 Å². The molecule has 1 saturated carbocycles. The van der Waals surface area contributed by atoms with Gasteiger partial charge < -0.3 is 4.90 Å². The number of benzene rings is 1. The Morgan fingerprint density at radius 1 is 1.42 bits per heavy atom. The number of alkyl halides is 1. The molecule has 2 atom stereocenters. The van der Waals surface area contributed by atoms with Crippen molar-refractivity contribution in [1.29, 1.82) is 0 Å². The first-order valence-electron chi connectivity index (χ1n) is 6.37. The molecule has 1 amide bonds. The van der Waals surface area contributed by atoms with Crippen molar-refractivity contribution in [2.75, 3.05) is 7.05 Å². The van der Waals surface area contributed by atoms with E-state index in [1.807, 2.05) is 30.1 Å². The van der Waals surface area contributed by atoms with Crippen molar-refractivity contribution in [2.24, 2.45) is 0 Å². The van der Waals surface area contributed by atoms with Crippen LogP contribution in [0.4, 0.5) is 0 Å². The standard InChI is InChI=1S/C14H16BrClINO/c1-18(13-5-3-2-4-12(13)16)14(19)10-8-9(17)6-7-11(10)15/h6-8,12-13H,2-5H2,1H3. The molecular formula is C14H16BrClINO. The van der Waals surface area contributed by atoms with Gasteiger partial charge in [0, 0.05) is 21.1 Å². The normalized spacial score (nSPS) is 23.2. The highest BCUT2D eigenvalue weighted by atomic mass is 127. The second-order valence-electron chi connectivity index (χ2n) is 4.91. The first-order valence-corrected chi connectivity index (χ1v) is 8.68. The number of hydrogen-bond donors (Lipinski definition) is 0. The highest BCUT2D eigenvalue weighted by molar-refractivity contribution is 14.1. The summed E-state index contributed by atoms with van der Waals surface area (Å²) in [5.41, 5.74) is 0.712. The van der Waals surface area contributed by atoms with E-state index in [2.05, 4.69) is 38.5 Å². The average Bonchev–Trinajstić information content (AvgIpc) is 2.40. The molecule has 0 radical (unpaired) electrons. The van der Waals surface area contributed by atoms with Gasteiger partial charge in [0.15, 0.2) is 0 Å². The summed E-state index contributed by atoms with van der Waals surface area (Å²) in [4.78, 5) is 14.4. The Kier molecular flexibility index (Phi) is 5.55. The second-order valence-corrected chi connectivity index (χ2v) is 7.57. The molecule has 5 heteroatoms. The number of carbonyl (C=O) groups excluding carboxylic acids is 1. The lowest BCUT2D eigenvalue weighted by atomic mass is 9.93. The summed E-state index contributed by atoms with van der Waals surface area (Å²) in [6.07, 6.45) is 4.31. The van der Waals surface area contributed by atoms with E-state index in [1.54, 1.807) is 0 Å². The Balaban J connectivity index is 2.20. The lowest BCUT2D eigenvalue weighted by molar-refractivity contribution is 0.0699. The molecule has 0 spiro atoms. The molecule has 19 heavy (non-hydrogen) atoms. The fraction of sp³-hybridized carbons (Fsp3) is 0.500. The molecule has 104 valence electrons. The van der Waals surface area contributed by atoms with Crippen LogP contribution in [0.15, 0.2) is 22.7 Å². The summed E-state index contributed by atoms with van der Waals surface area (Å²) in [5.74, 6) is 0.0444. The molecule has 1 fully saturated rings. The summed E-state index contributed by atoms with van der Waals surface area (Å²) in [6, 6.07) is 5.96. The van der Waals surface area contributed by atoms with Crippen molar-refractivity contribution in [3.05, 3.63) is 31.8 Å². The Hall–Kier alpha value is 0.190. The lowest BCUT2D eigenvalue weighted by Gasteiger charge is -2.35. The Bertz CT molecular complexity index is 483. The van der Waals surface area contributed by atoms with Crippen LogP contribution in [0.2, 0.25) is 0 Å². The molecule has 0 bridgehead atoms. The van der Waals surface area contributed by atoms with E-state index in [0.717, 1.165) is 27.3 Å². The first-order chi connectivity index (χ1) is 9.00. The van der Waals surface area contributed by atoms with Gasteiger partial charge in [0.1, 0.15) is 0 Å². The van der Waals surface area contributed by atoms with Gasteiger partial charge in [0.2, 0.25) is 0 Å². The maximum absolute atomic E-state index is 12.6. The largest absolute Gasteiger partial charge is 0.337 e. The Morgan fingerprint density at radius 3 is 2.79 bits per heavy atom. The molecule has 0 N–H and O–H groups in total. The molecular weight excluding hydrogens is 440 g/mol. The molecule has 0 saturated heterocycles. The van der Waals surface area contributed by atoms with Gasteiger partial charge in [-0.15, -0.1) is 11.6 Å². The summed E-state index contributed by atoms with van der Waals surface area (Å²) in [7, 11) is 1.86. The summed E-state index contributed by atoms with van der Waals surface area (Å²) in [6.45, 7) is 0. The molecule has 1 aromatic rings. The van der Waals surface area contributed by atoms with E-state index in [4.69, 9.17) is 11.6 Å². The van der Waals surface area contributed by atoms with Crippen LogP contribution in [0.1, 0.15) is 36.0 Å². The van der Waals surface area contributed by atoms with Gasteiger partial charge in [-0.25, -0.2) is 0 Å². The number of amides is 1. The summed E-state index contributed by atoms with van der Waals surface area (Å²) >= 11 is 12.0. The smallest absolute Gasteiger partial charge is 0.255 e. The topological polar surface area (TPSA) is 20.3 Å². The van der Waals surface area contributed by atoms with Crippen molar-refractivity contribution < 1.29 is 4.79 Å². The molecule has 0 aromatic heterocycles. The minimum atomic E-state index is 0.0444. The second kappa shape index (κ2) is 6.76. The van der Waals surface area contributed by atoms with E-state index in [-0.39, 0.29) is 17.3 Å². The van der Waals surface area contributed by atoms with Gasteiger partial charge in [-0.05, 0) is 69.6 Å². The molecule has 0 aliphatic heterocycles. The zero-order valence-corrected chi connectivity index (χ0v) is 15.2. The third-order valence-electron chi connectivity index (χ3n) is 3.62. The minimum Gasteiger partial charge on any atom is -0.337 e. The first kappa shape index (κ1) is 15.6. The van der Waals surface area contributed by atoms with Crippen LogP contribution in [0, 0.1) is 3.57 Å². The van der Waals surface area contributed by atoms with E-state index in [9.17, 15) is 4.79 Å². The van der Waals surface area contributed by atoms with Gasteiger partial charge in [-0.3, -0.25) is 4.79 Å². The fourth-order valence-electron chi connectivity index (χ4n) is 2.50. The van der Waals surface area contributed by atoms with Crippen LogP contribution >= 0.6 is 50.1 Å². The monoisotopic (exact) mass is 455 g/mol. The van der Waals surface area contributed by atoms with Crippen LogP contribution in [0.3, 0.4) is 0 Å². The van der Waals surface area contributed by atoms with Crippen molar-refractivity contribution in [1.82, 2.24) is 4.90 Å². The number of halogens is 3. The van der Waals surface area contributed by atoms with Crippen LogP contribution in [0.5, 0.6) is 0 Å². The third kappa shape index (κ3) is 3.64. The minimum absolute atomic E-state index is 0.0444.